The third-order valence-electron chi connectivity index (χ3n) is 6.35. The Bertz CT molecular complexity index is 726. The molecule has 2 unspecified atom stereocenters. The van der Waals surface area contributed by atoms with Gasteiger partial charge in [0.2, 0.25) is 5.91 Å². The topological polar surface area (TPSA) is 72.9 Å². The van der Waals surface area contributed by atoms with Crippen molar-refractivity contribution >= 4 is 26.0 Å². The molecule has 0 N–H and O–H groups in total. The van der Waals surface area contributed by atoms with Crippen molar-refractivity contribution in [3.63, 3.8) is 0 Å². The van der Waals surface area contributed by atoms with Gasteiger partial charge in [0, 0.05) is 6.54 Å². The molecule has 0 aliphatic carbocycles. The van der Waals surface area contributed by atoms with E-state index in [0.717, 1.165) is 10.5 Å². The first kappa shape index (κ1) is 22.1. The predicted molar refractivity (Wildman–Crippen MR) is 109 cm³/mol. The molecular weight excluding hydrogens is 374 g/mol. The van der Waals surface area contributed by atoms with Crippen LogP contribution in [0.2, 0.25) is 23.7 Å². The quantitative estimate of drug-likeness (QED) is 0.426. The summed E-state index contributed by atoms with van der Waals surface area (Å²) < 4.78 is 10.2. The number of carbonyl (C=O) groups excluding carboxylic acids is 3. The normalized spacial score (nSPS) is 20.6. The van der Waals surface area contributed by atoms with Crippen molar-refractivity contribution in [2.45, 2.75) is 57.5 Å². The van der Waals surface area contributed by atoms with Crippen LogP contribution in [0.5, 0.6) is 0 Å². The minimum Gasteiger partial charge on any atom is -0.468 e. The summed E-state index contributed by atoms with van der Waals surface area (Å²) in [7, 11) is -0.651. The Kier molecular flexibility index (Phi) is 6.70. The number of esters is 1. The number of imide groups is 1. The lowest BCUT2D eigenvalue weighted by Crippen LogP contribution is -2.56. The van der Waals surface area contributed by atoms with E-state index in [1.54, 1.807) is 0 Å². The second kappa shape index (κ2) is 8.47. The zero-order chi connectivity index (χ0) is 21.1. The van der Waals surface area contributed by atoms with Gasteiger partial charge in [0.05, 0.1) is 15.2 Å². The Morgan fingerprint density at radius 2 is 1.79 bits per heavy atom. The molecule has 2 atom stereocenters. The third kappa shape index (κ3) is 4.63. The van der Waals surface area contributed by atoms with Gasteiger partial charge in [0.25, 0.3) is 0 Å². The lowest BCUT2D eigenvalue weighted by atomic mass is 9.97. The number of ether oxygens (including phenoxy) is 2. The zero-order valence-corrected chi connectivity index (χ0v) is 18.7. The fourth-order valence-corrected chi connectivity index (χ4v) is 6.08. The van der Waals surface area contributed by atoms with Crippen LogP contribution in [0.3, 0.4) is 0 Å². The van der Waals surface area contributed by atoms with E-state index in [4.69, 9.17) is 9.47 Å². The summed E-state index contributed by atoms with van der Waals surface area (Å²) in [6.07, 6.45) is -0.282. The SMILES string of the molecule is COC(=O)C1CC([Si](C)(C)C(C)(C)C)CN(C(=O)OCc2ccccc2)C1=O. The van der Waals surface area contributed by atoms with Crippen molar-refractivity contribution in [3.05, 3.63) is 35.9 Å². The number of likely N-dealkylation sites (tertiary alicyclic amines) is 1. The highest BCUT2D eigenvalue weighted by atomic mass is 28.3. The van der Waals surface area contributed by atoms with E-state index in [2.05, 4.69) is 33.9 Å². The molecule has 0 aromatic heterocycles. The second-order valence-electron chi connectivity index (χ2n) is 8.97. The van der Waals surface area contributed by atoms with Crippen molar-refractivity contribution in [3.8, 4) is 0 Å². The van der Waals surface area contributed by atoms with Crippen LogP contribution in [0, 0.1) is 5.92 Å². The van der Waals surface area contributed by atoms with E-state index in [9.17, 15) is 14.4 Å². The highest BCUT2D eigenvalue weighted by Gasteiger charge is 2.51. The molecule has 0 spiro atoms. The molecular formula is C21H31NO5Si. The summed E-state index contributed by atoms with van der Waals surface area (Å²) in [5.41, 5.74) is 0.921. The number of methoxy groups -OCH3 is 1. The standard InChI is InChI=1S/C21H31NO5Si/c1-21(2,3)28(5,6)16-12-17(19(24)26-4)18(23)22(13-16)20(25)27-14-15-10-8-7-9-11-15/h7-11,16-17H,12-14H2,1-6H3. The first-order valence-electron chi connectivity index (χ1n) is 9.59. The highest BCUT2D eigenvalue weighted by Crippen LogP contribution is 2.48. The number of benzene rings is 1. The molecule has 2 amide bonds. The van der Waals surface area contributed by atoms with Gasteiger partial charge < -0.3 is 9.47 Å². The number of amides is 2. The minimum absolute atomic E-state index is 0.0539. The molecule has 6 nitrogen and oxygen atoms in total. The summed E-state index contributed by atoms with van der Waals surface area (Å²) in [6, 6.07) is 9.29. The van der Waals surface area contributed by atoms with Crippen LogP contribution in [-0.2, 0) is 25.7 Å². The molecule has 1 fully saturated rings. The molecule has 1 saturated heterocycles. The summed E-state index contributed by atoms with van der Waals surface area (Å²) in [5, 5.41) is 0.0539. The van der Waals surface area contributed by atoms with Crippen molar-refractivity contribution in [1.82, 2.24) is 4.90 Å². The molecule has 154 valence electrons. The second-order valence-corrected chi connectivity index (χ2v) is 14.7. The molecule has 28 heavy (non-hydrogen) atoms. The Labute approximate surface area is 168 Å². The van der Waals surface area contributed by atoms with Crippen LogP contribution in [0.15, 0.2) is 30.3 Å². The van der Waals surface area contributed by atoms with Crippen LogP contribution in [0.4, 0.5) is 4.79 Å². The van der Waals surface area contributed by atoms with Gasteiger partial charge in [0.1, 0.15) is 12.5 Å². The van der Waals surface area contributed by atoms with Gasteiger partial charge in [-0.15, -0.1) is 0 Å². The molecule has 1 aromatic rings. The average molecular weight is 406 g/mol. The van der Waals surface area contributed by atoms with Crippen LogP contribution >= 0.6 is 0 Å². The molecule has 7 heteroatoms. The first-order valence-corrected chi connectivity index (χ1v) is 12.7. The van der Waals surface area contributed by atoms with Crippen molar-refractivity contribution in [2.24, 2.45) is 5.92 Å². The first-order chi connectivity index (χ1) is 13.0. The summed E-state index contributed by atoms with van der Waals surface area (Å²) >= 11 is 0. The van der Waals surface area contributed by atoms with E-state index in [1.807, 2.05) is 30.3 Å². The maximum absolute atomic E-state index is 12.8. The van der Waals surface area contributed by atoms with E-state index in [-0.39, 0.29) is 23.7 Å². The van der Waals surface area contributed by atoms with Gasteiger partial charge in [-0.1, -0.05) is 64.2 Å². The molecule has 1 aliphatic heterocycles. The van der Waals surface area contributed by atoms with Crippen molar-refractivity contribution in [1.29, 1.82) is 0 Å². The molecule has 2 rings (SSSR count). The van der Waals surface area contributed by atoms with Gasteiger partial charge in [-0.2, -0.15) is 0 Å². The van der Waals surface area contributed by atoms with Crippen molar-refractivity contribution < 1.29 is 23.9 Å². The fourth-order valence-electron chi connectivity index (χ4n) is 3.39. The number of carbonyl (C=O) groups is 3. The number of piperidine rings is 1. The molecule has 0 saturated carbocycles. The van der Waals surface area contributed by atoms with E-state index >= 15 is 0 Å². The van der Waals surface area contributed by atoms with Crippen LogP contribution < -0.4 is 0 Å². The van der Waals surface area contributed by atoms with E-state index < -0.39 is 32.0 Å². The predicted octanol–water partition coefficient (Wildman–Crippen LogP) is 4.22. The molecule has 1 heterocycles. The van der Waals surface area contributed by atoms with Gasteiger partial charge in [0.15, 0.2) is 0 Å². The number of hydrogen-bond acceptors (Lipinski definition) is 5. The molecule has 0 bridgehead atoms. The maximum Gasteiger partial charge on any atom is 0.416 e. The summed E-state index contributed by atoms with van der Waals surface area (Å²) in [5.74, 6) is -2.07. The largest absolute Gasteiger partial charge is 0.468 e. The van der Waals surface area contributed by atoms with Gasteiger partial charge >= 0.3 is 12.1 Å². The fraction of sp³-hybridized carbons (Fsp3) is 0.571. The minimum atomic E-state index is -1.92. The lowest BCUT2D eigenvalue weighted by molar-refractivity contribution is -0.155. The Hall–Kier alpha value is -2.15. The average Bonchev–Trinajstić information content (AvgIpc) is 2.65. The lowest BCUT2D eigenvalue weighted by Gasteiger charge is -2.47. The van der Waals surface area contributed by atoms with Crippen LogP contribution in [-0.4, -0.2) is 44.6 Å². The Morgan fingerprint density at radius 3 is 2.32 bits per heavy atom. The monoisotopic (exact) mass is 405 g/mol. The Morgan fingerprint density at radius 1 is 1.18 bits per heavy atom. The van der Waals surface area contributed by atoms with Crippen molar-refractivity contribution in [2.75, 3.05) is 13.7 Å². The number of hydrogen-bond donors (Lipinski definition) is 0. The molecule has 1 aromatic carbocycles. The maximum atomic E-state index is 12.8. The highest BCUT2D eigenvalue weighted by molar-refractivity contribution is 6.81. The molecule has 0 radical (unpaired) electrons. The van der Waals surface area contributed by atoms with E-state index in [1.165, 1.54) is 7.11 Å². The summed E-state index contributed by atoms with van der Waals surface area (Å²) in [4.78, 5) is 38.9. The Balaban J connectivity index is 2.23. The smallest absolute Gasteiger partial charge is 0.416 e. The van der Waals surface area contributed by atoms with Gasteiger partial charge in [-0.25, -0.2) is 9.69 Å². The summed E-state index contributed by atoms with van der Waals surface area (Å²) in [6.45, 7) is 11.4. The van der Waals surface area contributed by atoms with Gasteiger partial charge in [-0.05, 0) is 22.6 Å². The molecule has 1 aliphatic rings. The zero-order valence-electron chi connectivity index (χ0n) is 17.7. The van der Waals surface area contributed by atoms with Gasteiger partial charge in [-0.3, -0.25) is 9.59 Å². The third-order valence-corrected chi connectivity index (χ3v) is 12.7. The number of nitrogens with zero attached hydrogens (tertiary/aromatic N) is 1. The van der Waals surface area contributed by atoms with E-state index in [0.29, 0.717) is 6.42 Å². The van der Waals surface area contributed by atoms with Crippen LogP contribution in [0.1, 0.15) is 32.8 Å². The number of rotatable bonds is 4. The van der Waals surface area contributed by atoms with Crippen LogP contribution in [0.25, 0.3) is 0 Å².